The molecule has 0 fully saturated rings. The Morgan fingerprint density at radius 2 is 2.12 bits per heavy atom. The predicted octanol–water partition coefficient (Wildman–Crippen LogP) is 2.98. The fraction of sp³-hybridized carbons (Fsp3) is 0.714. The summed E-state index contributed by atoms with van der Waals surface area (Å²) < 4.78 is 0. The average Bonchev–Trinajstić information content (AvgIpc) is 2.16. The Morgan fingerprint density at radius 3 is 2.69 bits per heavy atom. The Bertz CT molecular complexity index is 274. The molecule has 0 aliphatic heterocycles. The summed E-state index contributed by atoms with van der Waals surface area (Å²) in [6.45, 7) is 11.1. The van der Waals surface area contributed by atoms with Crippen molar-refractivity contribution in [3.8, 4) is 0 Å². The largest absolute Gasteiger partial charge is 0.386 e. The lowest BCUT2D eigenvalue weighted by molar-refractivity contribution is 0.343. The van der Waals surface area contributed by atoms with E-state index in [9.17, 15) is 0 Å². The normalized spacial score (nSPS) is 21.1. The zero-order valence-electron chi connectivity index (χ0n) is 11.3. The van der Waals surface area contributed by atoms with Gasteiger partial charge in [0, 0.05) is 29.7 Å². The smallest absolute Gasteiger partial charge is 0.0312 e. The summed E-state index contributed by atoms with van der Waals surface area (Å²) in [5.74, 6) is 0. The van der Waals surface area contributed by atoms with Crippen molar-refractivity contribution < 1.29 is 0 Å². The number of rotatable bonds is 5. The fourth-order valence-corrected chi connectivity index (χ4v) is 1.86. The first kappa shape index (κ1) is 13.3. The van der Waals surface area contributed by atoms with Crippen molar-refractivity contribution in [2.75, 3.05) is 0 Å². The molecule has 0 heterocycles. The maximum Gasteiger partial charge on any atom is 0.0312 e. The van der Waals surface area contributed by atoms with Gasteiger partial charge >= 0.3 is 0 Å². The molecule has 0 aromatic carbocycles. The van der Waals surface area contributed by atoms with E-state index >= 15 is 0 Å². The average molecular weight is 222 g/mol. The quantitative estimate of drug-likeness (QED) is 0.747. The van der Waals surface area contributed by atoms with Gasteiger partial charge in [0.1, 0.15) is 0 Å². The van der Waals surface area contributed by atoms with Crippen LogP contribution < -0.4 is 10.6 Å². The highest BCUT2D eigenvalue weighted by Gasteiger charge is 2.20. The second-order valence-corrected chi connectivity index (χ2v) is 5.57. The second kappa shape index (κ2) is 5.53. The van der Waals surface area contributed by atoms with E-state index in [-0.39, 0.29) is 5.54 Å². The van der Waals surface area contributed by atoms with E-state index in [1.807, 2.05) is 0 Å². The standard InChI is InChI=1S/C14H26N2/c1-6-14(4,5)16-13-9-7-8-12(10-13)15-11(2)3/h7-9,11,13,15-16H,6,10H2,1-5H3. The van der Waals surface area contributed by atoms with E-state index in [2.05, 4.69) is 63.5 Å². The first-order chi connectivity index (χ1) is 7.43. The van der Waals surface area contributed by atoms with Gasteiger partial charge in [-0.3, -0.25) is 0 Å². The van der Waals surface area contributed by atoms with Gasteiger partial charge in [-0.15, -0.1) is 0 Å². The molecule has 1 unspecified atom stereocenters. The molecule has 2 nitrogen and oxygen atoms in total. The van der Waals surface area contributed by atoms with Gasteiger partial charge in [-0.05, 0) is 40.2 Å². The zero-order chi connectivity index (χ0) is 12.2. The number of hydrogen-bond acceptors (Lipinski definition) is 2. The highest BCUT2D eigenvalue weighted by molar-refractivity contribution is 5.21. The van der Waals surface area contributed by atoms with Crippen LogP contribution in [0.15, 0.2) is 23.9 Å². The van der Waals surface area contributed by atoms with Gasteiger partial charge in [0.25, 0.3) is 0 Å². The minimum Gasteiger partial charge on any atom is -0.386 e. The molecule has 2 N–H and O–H groups in total. The molecule has 1 atom stereocenters. The summed E-state index contributed by atoms with van der Waals surface area (Å²) in [4.78, 5) is 0. The first-order valence-electron chi connectivity index (χ1n) is 6.34. The fourth-order valence-electron chi connectivity index (χ4n) is 1.86. The molecule has 92 valence electrons. The Labute approximate surface area is 100 Å². The third-order valence-electron chi connectivity index (χ3n) is 3.01. The summed E-state index contributed by atoms with van der Waals surface area (Å²) >= 11 is 0. The molecule has 0 amide bonds. The van der Waals surface area contributed by atoms with Gasteiger partial charge in [-0.1, -0.05) is 19.1 Å². The van der Waals surface area contributed by atoms with Gasteiger partial charge in [0.15, 0.2) is 0 Å². The Kier molecular flexibility index (Phi) is 4.60. The van der Waals surface area contributed by atoms with E-state index in [1.54, 1.807) is 0 Å². The van der Waals surface area contributed by atoms with Gasteiger partial charge < -0.3 is 10.6 Å². The molecule has 16 heavy (non-hydrogen) atoms. The summed E-state index contributed by atoms with van der Waals surface area (Å²) in [6.07, 6.45) is 8.80. The van der Waals surface area contributed by atoms with Crippen molar-refractivity contribution in [1.29, 1.82) is 0 Å². The second-order valence-electron chi connectivity index (χ2n) is 5.57. The van der Waals surface area contributed by atoms with Gasteiger partial charge in [-0.2, -0.15) is 0 Å². The van der Waals surface area contributed by atoms with Crippen molar-refractivity contribution in [1.82, 2.24) is 10.6 Å². The van der Waals surface area contributed by atoms with E-state index in [4.69, 9.17) is 0 Å². The lowest BCUT2D eigenvalue weighted by Crippen LogP contribution is -2.46. The van der Waals surface area contributed by atoms with Crippen LogP contribution in [0.3, 0.4) is 0 Å². The van der Waals surface area contributed by atoms with Crippen LogP contribution >= 0.6 is 0 Å². The van der Waals surface area contributed by atoms with Crippen LogP contribution in [-0.2, 0) is 0 Å². The topological polar surface area (TPSA) is 24.1 Å². The Morgan fingerprint density at radius 1 is 1.44 bits per heavy atom. The Hall–Kier alpha value is -0.760. The molecule has 0 radical (unpaired) electrons. The van der Waals surface area contributed by atoms with Crippen molar-refractivity contribution in [3.05, 3.63) is 23.9 Å². The maximum absolute atomic E-state index is 3.68. The number of allylic oxidation sites excluding steroid dienone is 2. The molecular formula is C14H26N2. The summed E-state index contributed by atoms with van der Waals surface area (Å²) in [6, 6.07) is 0.971. The molecule has 0 saturated heterocycles. The highest BCUT2D eigenvalue weighted by atomic mass is 15.0. The summed E-state index contributed by atoms with van der Waals surface area (Å²) in [5, 5.41) is 7.17. The van der Waals surface area contributed by atoms with Crippen LogP contribution in [0.2, 0.25) is 0 Å². The first-order valence-corrected chi connectivity index (χ1v) is 6.34. The number of nitrogens with one attached hydrogen (secondary N) is 2. The lowest BCUT2D eigenvalue weighted by atomic mass is 9.97. The number of hydrogen-bond donors (Lipinski definition) is 2. The summed E-state index contributed by atoms with van der Waals surface area (Å²) in [5.41, 5.74) is 1.55. The third-order valence-corrected chi connectivity index (χ3v) is 3.01. The van der Waals surface area contributed by atoms with Crippen molar-refractivity contribution >= 4 is 0 Å². The molecule has 0 aromatic heterocycles. The van der Waals surface area contributed by atoms with E-state index < -0.39 is 0 Å². The maximum atomic E-state index is 3.68. The minimum absolute atomic E-state index is 0.218. The third kappa shape index (κ3) is 4.40. The van der Waals surface area contributed by atoms with Gasteiger partial charge in [-0.25, -0.2) is 0 Å². The van der Waals surface area contributed by atoms with Gasteiger partial charge in [0.2, 0.25) is 0 Å². The molecule has 1 rings (SSSR count). The molecule has 2 heteroatoms. The molecule has 0 spiro atoms. The summed E-state index contributed by atoms with van der Waals surface area (Å²) in [7, 11) is 0. The zero-order valence-corrected chi connectivity index (χ0v) is 11.3. The van der Waals surface area contributed by atoms with E-state index in [0.29, 0.717) is 12.1 Å². The van der Waals surface area contributed by atoms with Crippen molar-refractivity contribution in [2.45, 2.75) is 65.1 Å². The van der Waals surface area contributed by atoms with Gasteiger partial charge in [0.05, 0.1) is 0 Å². The highest BCUT2D eigenvalue weighted by Crippen LogP contribution is 2.16. The SMILES string of the molecule is CCC(C)(C)NC1C=CC=C(NC(C)C)C1. The van der Waals surface area contributed by atoms with Crippen molar-refractivity contribution in [3.63, 3.8) is 0 Å². The lowest BCUT2D eigenvalue weighted by Gasteiger charge is -2.31. The molecule has 0 saturated carbocycles. The molecule has 0 bridgehead atoms. The molecule has 1 aliphatic rings. The van der Waals surface area contributed by atoms with Crippen LogP contribution in [0.25, 0.3) is 0 Å². The molecular weight excluding hydrogens is 196 g/mol. The minimum atomic E-state index is 0.218. The van der Waals surface area contributed by atoms with E-state index in [1.165, 1.54) is 5.70 Å². The van der Waals surface area contributed by atoms with Crippen LogP contribution in [-0.4, -0.2) is 17.6 Å². The monoisotopic (exact) mass is 222 g/mol. The predicted molar refractivity (Wildman–Crippen MR) is 71.4 cm³/mol. The van der Waals surface area contributed by atoms with Crippen molar-refractivity contribution in [2.24, 2.45) is 0 Å². The Balaban J connectivity index is 2.50. The molecule has 0 aromatic rings. The van der Waals surface area contributed by atoms with E-state index in [0.717, 1.165) is 12.8 Å². The van der Waals surface area contributed by atoms with Crippen LogP contribution in [0.4, 0.5) is 0 Å². The van der Waals surface area contributed by atoms with Crippen LogP contribution in [0.5, 0.6) is 0 Å². The van der Waals surface area contributed by atoms with Crippen LogP contribution in [0, 0.1) is 0 Å². The van der Waals surface area contributed by atoms with Crippen LogP contribution in [0.1, 0.15) is 47.5 Å². The molecule has 1 aliphatic carbocycles.